The molecule has 1 unspecified atom stereocenters. The van der Waals surface area contributed by atoms with Crippen LogP contribution in [0.5, 0.6) is 0 Å². The van der Waals surface area contributed by atoms with Crippen molar-refractivity contribution in [1.29, 1.82) is 0 Å². The standard InChI is InChI=1S/C21H34F2N4/c1-5-24-21(26-18-8-10-27(11-9-18)14-15(2)3)25-13-16(4)17-6-7-19(22)20(23)12-17/h6-7,12,15-16,18H,5,8-11,13-14H2,1-4H3,(H2,24,25,26). The lowest BCUT2D eigenvalue weighted by molar-refractivity contribution is 0.187. The Morgan fingerprint density at radius 2 is 1.89 bits per heavy atom. The SMILES string of the molecule is CCNC(=NCC(C)c1ccc(F)c(F)c1)NC1CCN(CC(C)C)CC1. The molecule has 1 atom stereocenters. The summed E-state index contributed by atoms with van der Waals surface area (Å²) in [6.07, 6.45) is 2.21. The van der Waals surface area contributed by atoms with Crippen molar-refractivity contribution in [2.45, 2.75) is 52.5 Å². The molecule has 0 bridgehead atoms. The summed E-state index contributed by atoms with van der Waals surface area (Å²) < 4.78 is 26.5. The number of aliphatic imine (C=N–C) groups is 1. The molecule has 6 heteroatoms. The lowest BCUT2D eigenvalue weighted by Crippen LogP contribution is -2.49. The number of piperidine rings is 1. The van der Waals surface area contributed by atoms with Gasteiger partial charge in [0.2, 0.25) is 0 Å². The maximum absolute atomic E-state index is 13.4. The van der Waals surface area contributed by atoms with Crippen LogP contribution in [0.1, 0.15) is 52.0 Å². The monoisotopic (exact) mass is 380 g/mol. The van der Waals surface area contributed by atoms with Crippen LogP contribution in [-0.2, 0) is 0 Å². The molecule has 0 aromatic heterocycles. The van der Waals surface area contributed by atoms with Crippen LogP contribution in [0.3, 0.4) is 0 Å². The zero-order valence-corrected chi connectivity index (χ0v) is 17.1. The minimum atomic E-state index is -0.812. The normalized spacial score (nSPS) is 18.0. The number of rotatable bonds is 7. The third-order valence-electron chi connectivity index (χ3n) is 4.93. The molecule has 1 aromatic rings. The molecule has 1 aromatic carbocycles. The van der Waals surface area contributed by atoms with Crippen molar-refractivity contribution in [2.75, 3.05) is 32.7 Å². The predicted octanol–water partition coefficient (Wildman–Crippen LogP) is 3.74. The smallest absolute Gasteiger partial charge is 0.191 e. The quantitative estimate of drug-likeness (QED) is 0.559. The highest BCUT2D eigenvalue weighted by atomic mass is 19.2. The van der Waals surface area contributed by atoms with Crippen LogP contribution in [-0.4, -0.2) is 49.6 Å². The van der Waals surface area contributed by atoms with Crippen LogP contribution >= 0.6 is 0 Å². The topological polar surface area (TPSA) is 39.7 Å². The fourth-order valence-electron chi connectivity index (χ4n) is 3.44. The maximum Gasteiger partial charge on any atom is 0.191 e. The summed E-state index contributed by atoms with van der Waals surface area (Å²) in [6, 6.07) is 4.49. The molecular weight excluding hydrogens is 346 g/mol. The van der Waals surface area contributed by atoms with E-state index in [0.29, 0.717) is 18.5 Å². The number of hydrogen-bond donors (Lipinski definition) is 2. The van der Waals surface area contributed by atoms with Crippen molar-refractivity contribution >= 4 is 5.96 Å². The lowest BCUT2D eigenvalue weighted by Gasteiger charge is -2.34. The van der Waals surface area contributed by atoms with Gasteiger partial charge in [0, 0.05) is 44.7 Å². The van der Waals surface area contributed by atoms with E-state index in [2.05, 4.69) is 34.4 Å². The van der Waals surface area contributed by atoms with Gasteiger partial charge in [-0.15, -0.1) is 0 Å². The molecule has 4 nitrogen and oxygen atoms in total. The van der Waals surface area contributed by atoms with Crippen LogP contribution in [0, 0.1) is 17.6 Å². The molecule has 1 aliphatic rings. The van der Waals surface area contributed by atoms with Crippen molar-refractivity contribution in [2.24, 2.45) is 10.9 Å². The first-order chi connectivity index (χ1) is 12.9. The number of benzene rings is 1. The summed E-state index contributed by atoms with van der Waals surface area (Å²) in [4.78, 5) is 7.19. The zero-order valence-electron chi connectivity index (χ0n) is 17.1. The molecule has 1 fully saturated rings. The van der Waals surface area contributed by atoms with Crippen molar-refractivity contribution in [1.82, 2.24) is 15.5 Å². The molecule has 0 spiro atoms. The number of nitrogens with zero attached hydrogens (tertiary/aromatic N) is 2. The number of hydrogen-bond acceptors (Lipinski definition) is 2. The number of nitrogens with one attached hydrogen (secondary N) is 2. The summed E-state index contributed by atoms with van der Waals surface area (Å²) in [5, 5.41) is 6.83. The first kappa shape index (κ1) is 21.6. The Morgan fingerprint density at radius 3 is 2.48 bits per heavy atom. The van der Waals surface area contributed by atoms with E-state index >= 15 is 0 Å². The fourth-order valence-corrected chi connectivity index (χ4v) is 3.44. The molecular formula is C21H34F2N4. The first-order valence-electron chi connectivity index (χ1n) is 10.1. The van der Waals surface area contributed by atoms with E-state index in [1.165, 1.54) is 12.1 Å². The number of halogens is 2. The summed E-state index contributed by atoms with van der Waals surface area (Å²) >= 11 is 0. The van der Waals surface area contributed by atoms with Crippen molar-refractivity contribution < 1.29 is 8.78 Å². The van der Waals surface area contributed by atoms with E-state index in [9.17, 15) is 8.78 Å². The van der Waals surface area contributed by atoms with Gasteiger partial charge in [-0.05, 0) is 43.4 Å². The molecule has 0 radical (unpaired) electrons. The molecule has 2 rings (SSSR count). The number of likely N-dealkylation sites (tertiary alicyclic amines) is 1. The molecule has 0 amide bonds. The van der Waals surface area contributed by atoms with Crippen molar-refractivity contribution in [3.05, 3.63) is 35.4 Å². The van der Waals surface area contributed by atoms with Gasteiger partial charge in [0.25, 0.3) is 0 Å². The van der Waals surface area contributed by atoms with E-state index in [-0.39, 0.29) is 5.92 Å². The Balaban J connectivity index is 1.89. The van der Waals surface area contributed by atoms with Gasteiger partial charge in [-0.3, -0.25) is 4.99 Å². The van der Waals surface area contributed by atoms with Gasteiger partial charge in [-0.2, -0.15) is 0 Å². The van der Waals surface area contributed by atoms with Gasteiger partial charge < -0.3 is 15.5 Å². The fraction of sp³-hybridized carbons (Fsp3) is 0.667. The Labute approximate surface area is 162 Å². The van der Waals surface area contributed by atoms with E-state index in [1.54, 1.807) is 6.07 Å². The molecule has 1 saturated heterocycles. The lowest BCUT2D eigenvalue weighted by atomic mass is 10.0. The molecule has 152 valence electrons. The minimum absolute atomic E-state index is 0.0171. The number of guanidine groups is 1. The van der Waals surface area contributed by atoms with Crippen LogP contribution in [0.15, 0.2) is 23.2 Å². The highest BCUT2D eigenvalue weighted by Crippen LogP contribution is 2.18. The third-order valence-corrected chi connectivity index (χ3v) is 4.93. The predicted molar refractivity (Wildman–Crippen MR) is 108 cm³/mol. The van der Waals surface area contributed by atoms with Gasteiger partial charge in [-0.1, -0.05) is 26.8 Å². The third kappa shape index (κ3) is 7.09. The highest BCUT2D eigenvalue weighted by molar-refractivity contribution is 5.80. The molecule has 27 heavy (non-hydrogen) atoms. The van der Waals surface area contributed by atoms with Crippen molar-refractivity contribution in [3.63, 3.8) is 0 Å². The van der Waals surface area contributed by atoms with Gasteiger partial charge >= 0.3 is 0 Å². The largest absolute Gasteiger partial charge is 0.357 e. The Bertz CT molecular complexity index is 610. The van der Waals surface area contributed by atoms with E-state index < -0.39 is 11.6 Å². The first-order valence-corrected chi connectivity index (χ1v) is 10.1. The minimum Gasteiger partial charge on any atom is -0.357 e. The van der Waals surface area contributed by atoms with Crippen LogP contribution in [0.25, 0.3) is 0 Å². The summed E-state index contributed by atoms with van der Waals surface area (Å²) in [5.74, 6) is -0.0985. The van der Waals surface area contributed by atoms with E-state index in [1.807, 2.05) is 13.8 Å². The van der Waals surface area contributed by atoms with Crippen LogP contribution in [0.2, 0.25) is 0 Å². The molecule has 1 heterocycles. The average Bonchev–Trinajstić information content (AvgIpc) is 2.63. The van der Waals surface area contributed by atoms with Gasteiger partial charge in [0.1, 0.15) is 0 Å². The highest BCUT2D eigenvalue weighted by Gasteiger charge is 2.20. The molecule has 0 saturated carbocycles. The second-order valence-electron chi connectivity index (χ2n) is 7.91. The van der Waals surface area contributed by atoms with Gasteiger partial charge in [0.15, 0.2) is 17.6 Å². The average molecular weight is 381 g/mol. The van der Waals surface area contributed by atoms with Crippen LogP contribution in [0.4, 0.5) is 8.78 Å². The van der Waals surface area contributed by atoms with Gasteiger partial charge in [0.05, 0.1) is 0 Å². The van der Waals surface area contributed by atoms with E-state index in [0.717, 1.165) is 50.5 Å². The second-order valence-corrected chi connectivity index (χ2v) is 7.91. The Hall–Kier alpha value is -1.69. The zero-order chi connectivity index (χ0) is 19.8. The molecule has 2 N–H and O–H groups in total. The van der Waals surface area contributed by atoms with Crippen molar-refractivity contribution in [3.8, 4) is 0 Å². The molecule has 0 aliphatic carbocycles. The Kier molecular flexibility index (Phi) is 8.48. The summed E-state index contributed by atoms with van der Waals surface area (Å²) in [5.41, 5.74) is 0.760. The summed E-state index contributed by atoms with van der Waals surface area (Å²) in [7, 11) is 0. The molecule has 1 aliphatic heterocycles. The van der Waals surface area contributed by atoms with Gasteiger partial charge in [-0.25, -0.2) is 8.78 Å². The second kappa shape index (κ2) is 10.6. The van der Waals surface area contributed by atoms with Crippen LogP contribution < -0.4 is 10.6 Å². The summed E-state index contributed by atoms with van der Waals surface area (Å²) in [6.45, 7) is 13.2. The maximum atomic E-state index is 13.4. The van der Waals surface area contributed by atoms with E-state index in [4.69, 9.17) is 0 Å². The Morgan fingerprint density at radius 1 is 1.19 bits per heavy atom.